The van der Waals surface area contributed by atoms with Crippen LogP contribution in [0.4, 0.5) is 11.5 Å². The minimum Gasteiger partial charge on any atom is -0.497 e. The maximum absolute atomic E-state index is 13.1. The average Bonchev–Trinajstić information content (AvgIpc) is 3.44. The van der Waals surface area contributed by atoms with Gasteiger partial charge in [-0.2, -0.15) is 5.10 Å². The summed E-state index contributed by atoms with van der Waals surface area (Å²) in [5, 5.41) is 4.83. The van der Waals surface area contributed by atoms with E-state index in [0.717, 1.165) is 54.4 Å². The van der Waals surface area contributed by atoms with Crippen molar-refractivity contribution in [1.29, 1.82) is 0 Å². The molecule has 0 atom stereocenters. The Bertz CT molecular complexity index is 1090. The normalized spacial score (nSPS) is 15.8. The highest BCUT2D eigenvalue weighted by Crippen LogP contribution is 2.33. The molecule has 0 radical (unpaired) electrons. The van der Waals surface area contributed by atoms with E-state index in [9.17, 15) is 4.79 Å². The molecule has 0 bridgehead atoms. The topological polar surface area (TPSA) is 59.8 Å². The van der Waals surface area contributed by atoms with Crippen molar-refractivity contribution >= 4 is 17.4 Å². The van der Waals surface area contributed by atoms with E-state index < -0.39 is 0 Å². The summed E-state index contributed by atoms with van der Waals surface area (Å²) in [4.78, 5) is 17.2. The number of fused-ring (bicyclic) bond motifs is 1. The van der Waals surface area contributed by atoms with Crippen LogP contribution in [0.5, 0.6) is 5.75 Å². The van der Waals surface area contributed by atoms with E-state index in [1.807, 2.05) is 53.6 Å². The highest BCUT2D eigenvalue weighted by Gasteiger charge is 2.26. The Morgan fingerprint density at radius 3 is 2.77 bits per heavy atom. The second kappa shape index (κ2) is 8.43. The lowest BCUT2D eigenvalue weighted by atomic mass is 10.1. The van der Waals surface area contributed by atoms with Gasteiger partial charge in [-0.3, -0.25) is 9.48 Å². The molecule has 0 N–H and O–H groups in total. The van der Waals surface area contributed by atoms with Crippen LogP contribution in [0.3, 0.4) is 0 Å². The van der Waals surface area contributed by atoms with Crippen LogP contribution in [0, 0.1) is 0 Å². The maximum atomic E-state index is 13.1. The van der Waals surface area contributed by atoms with Crippen molar-refractivity contribution in [2.24, 2.45) is 0 Å². The Morgan fingerprint density at radius 2 is 1.94 bits per heavy atom. The van der Waals surface area contributed by atoms with Crippen LogP contribution < -0.4 is 14.5 Å². The Hall–Kier alpha value is -3.32. The SMILES string of the molecule is COc1cccc(-c2cn(CC(=O)N3CCc4ccccc43)nc2N2CCOCC2)c1. The molecule has 2 aliphatic heterocycles. The molecule has 0 spiro atoms. The Kier molecular flexibility index (Phi) is 5.34. The Labute approximate surface area is 181 Å². The first-order valence-electron chi connectivity index (χ1n) is 10.7. The first-order valence-corrected chi connectivity index (χ1v) is 10.7. The molecular formula is C24H26N4O3. The van der Waals surface area contributed by atoms with Crippen LogP contribution in [-0.2, 0) is 22.5 Å². The van der Waals surface area contributed by atoms with Crippen LogP contribution in [0.1, 0.15) is 5.56 Å². The Morgan fingerprint density at radius 1 is 1.10 bits per heavy atom. The molecule has 31 heavy (non-hydrogen) atoms. The van der Waals surface area contributed by atoms with Crippen molar-refractivity contribution in [2.45, 2.75) is 13.0 Å². The third-order valence-corrected chi connectivity index (χ3v) is 5.92. The summed E-state index contributed by atoms with van der Waals surface area (Å²) in [6.45, 7) is 3.83. The fourth-order valence-corrected chi connectivity index (χ4v) is 4.32. The summed E-state index contributed by atoms with van der Waals surface area (Å²) in [5.74, 6) is 1.73. The van der Waals surface area contributed by atoms with Crippen LogP contribution in [0.25, 0.3) is 11.1 Å². The van der Waals surface area contributed by atoms with Crippen LogP contribution in [-0.4, -0.2) is 55.6 Å². The molecule has 1 saturated heterocycles. The zero-order valence-electron chi connectivity index (χ0n) is 17.7. The fraction of sp³-hybridized carbons (Fsp3) is 0.333. The highest BCUT2D eigenvalue weighted by atomic mass is 16.5. The molecule has 2 aliphatic rings. The summed E-state index contributed by atoms with van der Waals surface area (Å²) in [6.07, 6.45) is 2.87. The van der Waals surface area contributed by atoms with Crippen LogP contribution in [0.2, 0.25) is 0 Å². The zero-order chi connectivity index (χ0) is 21.2. The minimum atomic E-state index is 0.0539. The fourth-order valence-electron chi connectivity index (χ4n) is 4.32. The molecule has 160 valence electrons. The van der Waals surface area contributed by atoms with Crippen molar-refractivity contribution in [3.8, 4) is 16.9 Å². The molecule has 0 unspecified atom stereocenters. The molecule has 0 aliphatic carbocycles. The molecule has 5 rings (SSSR count). The lowest BCUT2D eigenvalue weighted by Gasteiger charge is -2.27. The van der Waals surface area contributed by atoms with E-state index in [4.69, 9.17) is 14.6 Å². The number of benzene rings is 2. The number of hydrogen-bond acceptors (Lipinski definition) is 5. The van der Waals surface area contributed by atoms with E-state index >= 15 is 0 Å². The predicted octanol–water partition coefficient (Wildman–Crippen LogP) is 2.98. The van der Waals surface area contributed by atoms with E-state index in [1.54, 1.807) is 11.8 Å². The molecule has 7 nitrogen and oxygen atoms in total. The molecule has 3 aromatic rings. The number of para-hydroxylation sites is 1. The van der Waals surface area contributed by atoms with Gasteiger partial charge in [0.2, 0.25) is 5.91 Å². The van der Waals surface area contributed by atoms with Crippen molar-refractivity contribution in [3.05, 3.63) is 60.3 Å². The minimum absolute atomic E-state index is 0.0539. The van der Waals surface area contributed by atoms with Gasteiger partial charge < -0.3 is 19.3 Å². The third kappa shape index (κ3) is 3.88. The highest BCUT2D eigenvalue weighted by molar-refractivity contribution is 5.95. The van der Waals surface area contributed by atoms with Gasteiger partial charge in [-0.15, -0.1) is 0 Å². The van der Waals surface area contributed by atoms with Gasteiger partial charge in [-0.1, -0.05) is 30.3 Å². The van der Waals surface area contributed by atoms with Crippen molar-refractivity contribution in [2.75, 3.05) is 49.8 Å². The maximum Gasteiger partial charge on any atom is 0.248 e. The molecular weight excluding hydrogens is 392 g/mol. The predicted molar refractivity (Wildman–Crippen MR) is 120 cm³/mol. The summed E-state index contributed by atoms with van der Waals surface area (Å²) in [6, 6.07) is 16.1. The van der Waals surface area contributed by atoms with Gasteiger partial charge >= 0.3 is 0 Å². The summed E-state index contributed by atoms with van der Waals surface area (Å²) in [7, 11) is 1.66. The molecule has 3 heterocycles. The number of nitrogens with zero attached hydrogens (tertiary/aromatic N) is 4. The van der Waals surface area contributed by atoms with E-state index in [0.29, 0.717) is 13.2 Å². The number of rotatable bonds is 5. The van der Waals surface area contributed by atoms with Gasteiger partial charge in [-0.25, -0.2) is 0 Å². The lowest BCUT2D eigenvalue weighted by molar-refractivity contribution is -0.119. The van der Waals surface area contributed by atoms with Crippen molar-refractivity contribution in [3.63, 3.8) is 0 Å². The van der Waals surface area contributed by atoms with Gasteiger partial charge in [0.25, 0.3) is 0 Å². The second-order valence-electron chi connectivity index (χ2n) is 7.82. The number of hydrogen-bond donors (Lipinski definition) is 0. The number of methoxy groups -OCH3 is 1. The van der Waals surface area contributed by atoms with E-state index in [-0.39, 0.29) is 12.5 Å². The summed E-state index contributed by atoms with van der Waals surface area (Å²) < 4.78 is 12.7. The zero-order valence-corrected chi connectivity index (χ0v) is 17.7. The average molecular weight is 418 g/mol. The van der Waals surface area contributed by atoms with Gasteiger partial charge in [0.05, 0.1) is 20.3 Å². The number of amides is 1. The van der Waals surface area contributed by atoms with Gasteiger partial charge in [0.1, 0.15) is 12.3 Å². The number of aromatic nitrogens is 2. The smallest absolute Gasteiger partial charge is 0.248 e. The summed E-state index contributed by atoms with van der Waals surface area (Å²) in [5.41, 5.74) is 4.25. The molecule has 1 aromatic heterocycles. The first-order chi connectivity index (χ1) is 15.2. The third-order valence-electron chi connectivity index (χ3n) is 5.92. The number of carbonyl (C=O) groups is 1. The number of morpholine rings is 1. The number of ether oxygens (including phenoxy) is 2. The van der Waals surface area contributed by atoms with Crippen molar-refractivity contribution in [1.82, 2.24) is 9.78 Å². The Balaban J connectivity index is 1.45. The molecule has 1 fully saturated rings. The number of anilines is 2. The number of carbonyl (C=O) groups excluding carboxylic acids is 1. The quantitative estimate of drug-likeness (QED) is 0.638. The molecule has 7 heteroatoms. The van der Waals surface area contributed by atoms with Crippen LogP contribution in [0.15, 0.2) is 54.7 Å². The van der Waals surface area contributed by atoms with E-state index in [1.165, 1.54) is 5.56 Å². The monoisotopic (exact) mass is 418 g/mol. The van der Waals surface area contributed by atoms with Gasteiger partial charge in [-0.05, 0) is 35.7 Å². The largest absolute Gasteiger partial charge is 0.497 e. The second-order valence-corrected chi connectivity index (χ2v) is 7.82. The first kappa shape index (κ1) is 19.6. The van der Waals surface area contributed by atoms with Gasteiger partial charge in [0, 0.05) is 37.1 Å². The standard InChI is InChI=1S/C24H26N4O3/c1-30-20-7-4-6-19(15-20)21-16-27(25-24(21)26-11-13-31-14-12-26)17-23(29)28-10-9-18-5-2-3-8-22(18)28/h2-8,15-16H,9-14,17H2,1H3. The van der Waals surface area contributed by atoms with Crippen molar-refractivity contribution < 1.29 is 14.3 Å². The summed E-state index contributed by atoms with van der Waals surface area (Å²) >= 11 is 0. The van der Waals surface area contributed by atoms with E-state index in [2.05, 4.69) is 11.0 Å². The molecule has 1 amide bonds. The molecule has 0 saturated carbocycles. The van der Waals surface area contributed by atoms with Gasteiger partial charge in [0.15, 0.2) is 5.82 Å². The van der Waals surface area contributed by atoms with Crippen LogP contribution >= 0.6 is 0 Å². The lowest BCUT2D eigenvalue weighted by Crippen LogP contribution is -2.37. The molecule has 2 aromatic carbocycles.